The molecule has 0 fully saturated rings. The summed E-state index contributed by atoms with van der Waals surface area (Å²) < 4.78 is 5.94. The number of aryl methyl sites for hydroxylation is 1. The molecule has 1 aromatic heterocycles. The van der Waals surface area contributed by atoms with Crippen LogP contribution in [0.15, 0.2) is 53.5 Å². The molecule has 142 valence electrons. The zero-order valence-electron chi connectivity index (χ0n) is 16.1. The highest BCUT2D eigenvalue weighted by molar-refractivity contribution is 5.79. The van der Waals surface area contributed by atoms with Crippen molar-refractivity contribution >= 4 is 17.0 Å². The number of nitrogens with zero attached hydrogens (tertiary/aromatic N) is 2. The number of imidazole rings is 1. The highest BCUT2D eigenvalue weighted by Crippen LogP contribution is 2.14. The second kappa shape index (κ2) is 9.07. The summed E-state index contributed by atoms with van der Waals surface area (Å²) in [6, 6.07) is 16.1. The highest BCUT2D eigenvalue weighted by Gasteiger charge is 2.07. The number of aromatic amines is 1. The van der Waals surface area contributed by atoms with Crippen LogP contribution in [0.1, 0.15) is 18.3 Å². The highest BCUT2D eigenvalue weighted by atomic mass is 16.5. The smallest absolute Gasteiger partial charge is 0.191 e. The fraction of sp³-hybridized carbons (Fsp3) is 0.333. The van der Waals surface area contributed by atoms with Gasteiger partial charge in [0.25, 0.3) is 0 Å². The molecule has 3 aromatic rings. The Balaban J connectivity index is 1.42. The van der Waals surface area contributed by atoms with Crippen LogP contribution in [0.2, 0.25) is 0 Å². The van der Waals surface area contributed by atoms with Crippen molar-refractivity contribution in [1.82, 2.24) is 20.6 Å². The molecule has 0 aliphatic heterocycles. The lowest BCUT2D eigenvalue weighted by Crippen LogP contribution is -2.42. The van der Waals surface area contributed by atoms with Gasteiger partial charge in [0.1, 0.15) is 17.7 Å². The van der Waals surface area contributed by atoms with Gasteiger partial charge >= 0.3 is 0 Å². The molecule has 0 aliphatic carbocycles. The van der Waals surface area contributed by atoms with Crippen molar-refractivity contribution in [2.45, 2.75) is 26.4 Å². The molecule has 3 rings (SSSR count). The summed E-state index contributed by atoms with van der Waals surface area (Å²) in [6.45, 7) is 5.51. The van der Waals surface area contributed by atoms with Gasteiger partial charge in [-0.1, -0.05) is 24.3 Å². The van der Waals surface area contributed by atoms with Gasteiger partial charge in [-0.15, -0.1) is 0 Å². The molecule has 0 radical (unpaired) electrons. The predicted molar refractivity (Wildman–Crippen MR) is 110 cm³/mol. The predicted octanol–water partition coefficient (Wildman–Crippen LogP) is 3.05. The fourth-order valence-corrected chi connectivity index (χ4v) is 2.85. The van der Waals surface area contributed by atoms with E-state index < -0.39 is 0 Å². The van der Waals surface area contributed by atoms with E-state index in [1.165, 1.54) is 5.56 Å². The van der Waals surface area contributed by atoms with Crippen LogP contribution in [-0.4, -0.2) is 42.2 Å². The summed E-state index contributed by atoms with van der Waals surface area (Å²) >= 11 is 0. The van der Waals surface area contributed by atoms with Crippen molar-refractivity contribution in [2.24, 2.45) is 4.99 Å². The van der Waals surface area contributed by atoms with Crippen LogP contribution in [0.4, 0.5) is 0 Å². The largest absolute Gasteiger partial charge is 0.489 e. The first-order chi connectivity index (χ1) is 13.1. The number of benzene rings is 2. The molecule has 0 saturated carbocycles. The first-order valence-electron chi connectivity index (χ1n) is 9.25. The molecule has 0 spiro atoms. The second-order valence-electron chi connectivity index (χ2n) is 6.58. The first-order valence-corrected chi connectivity index (χ1v) is 9.25. The second-order valence-corrected chi connectivity index (χ2v) is 6.58. The number of nitrogens with one attached hydrogen (secondary N) is 3. The number of guanidine groups is 1. The fourth-order valence-electron chi connectivity index (χ4n) is 2.85. The quantitative estimate of drug-likeness (QED) is 0.444. The maximum atomic E-state index is 5.94. The van der Waals surface area contributed by atoms with E-state index in [0.717, 1.165) is 41.5 Å². The van der Waals surface area contributed by atoms with Crippen molar-refractivity contribution in [3.8, 4) is 5.75 Å². The number of fused-ring (bicyclic) bond motifs is 1. The van der Waals surface area contributed by atoms with Crippen LogP contribution < -0.4 is 15.4 Å². The Morgan fingerprint density at radius 3 is 2.81 bits per heavy atom. The lowest BCUT2D eigenvalue weighted by atomic mass is 10.2. The number of rotatable bonds is 7. The number of aromatic nitrogens is 2. The summed E-state index contributed by atoms with van der Waals surface area (Å²) in [5.74, 6) is 2.61. The van der Waals surface area contributed by atoms with Gasteiger partial charge in [-0.3, -0.25) is 4.99 Å². The van der Waals surface area contributed by atoms with E-state index in [1.54, 1.807) is 7.05 Å². The number of H-pyrrole nitrogens is 1. The maximum Gasteiger partial charge on any atom is 0.191 e. The van der Waals surface area contributed by atoms with Gasteiger partial charge < -0.3 is 20.4 Å². The number of hydrogen-bond acceptors (Lipinski definition) is 3. The number of hydrogen-bond donors (Lipinski definition) is 3. The van der Waals surface area contributed by atoms with Crippen LogP contribution in [0, 0.1) is 6.92 Å². The minimum Gasteiger partial charge on any atom is -0.489 e. The molecule has 1 unspecified atom stereocenters. The van der Waals surface area contributed by atoms with Gasteiger partial charge in [0.05, 0.1) is 17.6 Å². The van der Waals surface area contributed by atoms with E-state index in [-0.39, 0.29) is 6.10 Å². The van der Waals surface area contributed by atoms with E-state index in [4.69, 9.17) is 4.74 Å². The lowest BCUT2D eigenvalue weighted by Gasteiger charge is -2.18. The van der Waals surface area contributed by atoms with Gasteiger partial charge in [-0.05, 0) is 43.7 Å². The average Bonchev–Trinajstić information content (AvgIpc) is 3.07. The monoisotopic (exact) mass is 365 g/mol. The standard InChI is InChI=1S/C21H27N5O/c1-15-7-6-8-17(13-15)27-16(2)14-24-21(22-3)23-12-11-20-25-18-9-4-5-10-19(18)26-20/h4-10,13,16H,11-12,14H2,1-3H3,(H,25,26)(H2,22,23,24). The average molecular weight is 365 g/mol. The third-order valence-electron chi connectivity index (χ3n) is 4.20. The van der Waals surface area contributed by atoms with Gasteiger partial charge in [-0.25, -0.2) is 4.98 Å². The molecule has 1 heterocycles. The van der Waals surface area contributed by atoms with Crippen LogP contribution in [0.25, 0.3) is 11.0 Å². The van der Waals surface area contributed by atoms with E-state index in [2.05, 4.69) is 38.6 Å². The van der Waals surface area contributed by atoms with Crippen LogP contribution in [0.3, 0.4) is 0 Å². The third kappa shape index (κ3) is 5.48. The number of para-hydroxylation sites is 2. The molecule has 2 aromatic carbocycles. The zero-order valence-corrected chi connectivity index (χ0v) is 16.1. The first kappa shape index (κ1) is 18.8. The van der Waals surface area contributed by atoms with Gasteiger partial charge in [0, 0.05) is 20.0 Å². The Kier molecular flexibility index (Phi) is 6.30. The van der Waals surface area contributed by atoms with Crippen LogP contribution in [0.5, 0.6) is 5.75 Å². The normalized spacial score (nSPS) is 12.8. The van der Waals surface area contributed by atoms with E-state index >= 15 is 0 Å². The molecular weight excluding hydrogens is 338 g/mol. The molecular formula is C21H27N5O. The van der Waals surface area contributed by atoms with Crippen molar-refractivity contribution < 1.29 is 4.74 Å². The summed E-state index contributed by atoms with van der Waals surface area (Å²) in [5, 5.41) is 6.61. The zero-order chi connectivity index (χ0) is 19.1. The van der Waals surface area contributed by atoms with E-state index in [1.807, 2.05) is 49.4 Å². The Bertz CT molecular complexity index is 869. The third-order valence-corrected chi connectivity index (χ3v) is 4.20. The molecule has 6 nitrogen and oxygen atoms in total. The van der Waals surface area contributed by atoms with Crippen molar-refractivity contribution in [3.05, 3.63) is 59.9 Å². The van der Waals surface area contributed by atoms with Gasteiger partial charge in [0.2, 0.25) is 0 Å². The molecule has 0 saturated heterocycles. The van der Waals surface area contributed by atoms with Crippen LogP contribution in [-0.2, 0) is 6.42 Å². The Morgan fingerprint density at radius 1 is 1.19 bits per heavy atom. The summed E-state index contributed by atoms with van der Waals surface area (Å²) in [7, 11) is 1.77. The van der Waals surface area contributed by atoms with E-state index in [9.17, 15) is 0 Å². The SMILES string of the molecule is CN=C(NCCc1nc2ccccc2[nH]1)NCC(C)Oc1cccc(C)c1. The van der Waals surface area contributed by atoms with Crippen molar-refractivity contribution in [2.75, 3.05) is 20.1 Å². The molecule has 3 N–H and O–H groups in total. The summed E-state index contributed by atoms with van der Waals surface area (Å²) in [5.41, 5.74) is 3.25. The van der Waals surface area contributed by atoms with Gasteiger partial charge in [-0.2, -0.15) is 0 Å². The van der Waals surface area contributed by atoms with Gasteiger partial charge in [0.15, 0.2) is 5.96 Å². The van der Waals surface area contributed by atoms with Crippen molar-refractivity contribution in [3.63, 3.8) is 0 Å². The molecule has 0 amide bonds. The molecule has 1 atom stereocenters. The molecule has 0 bridgehead atoms. The molecule has 27 heavy (non-hydrogen) atoms. The summed E-state index contributed by atoms with van der Waals surface area (Å²) in [4.78, 5) is 12.2. The van der Waals surface area contributed by atoms with Crippen molar-refractivity contribution in [1.29, 1.82) is 0 Å². The Morgan fingerprint density at radius 2 is 2.04 bits per heavy atom. The van der Waals surface area contributed by atoms with Crippen LogP contribution >= 0.6 is 0 Å². The molecule has 0 aliphatic rings. The number of aliphatic imine (C=N–C) groups is 1. The maximum absolute atomic E-state index is 5.94. The molecule has 6 heteroatoms. The minimum atomic E-state index is 0.0284. The Labute approximate surface area is 160 Å². The minimum absolute atomic E-state index is 0.0284. The summed E-state index contributed by atoms with van der Waals surface area (Å²) in [6.07, 6.45) is 0.825. The van der Waals surface area contributed by atoms with E-state index in [0.29, 0.717) is 6.54 Å². The Hall–Kier alpha value is -3.02. The number of ether oxygens (including phenoxy) is 1. The lowest BCUT2D eigenvalue weighted by molar-refractivity contribution is 0.223. The topological polar surface area (TPSA) is 74.3 Å².